The normalized spacial score (nSPS) is 30.0. The number of carbonyl (C=O) groups excluding carboxylic acids is 2. The first-order chi connectivity index (χ1) is 11.0. The monoisotopic (exact) mass is 335 g/mol. The zero-order chi connectivity index (χ0) is 16.6. The van der Waals surface area contributed by atoms with Crippen LogP contribution in [0, 0.1) is 5.92 Å². The first-order valence-electron chi connectivity index (χ1n) is 8.01. The molecule has 0 saturated carbocycles. The van der Waals surface area contributed by atoms with Crippen LogP contribution in [0.5, 0.6) is 0 Å². The van der Waals surface area contributed by atoms with Gasteiger partial charge in [-0.15, -0.1) is 0 Å². The highest BCUT2D eigenvalue weighted by molar-refractivity contribution is 6.30. The number of hydrogen-bond acceptors (Lipinski definition) is 3. The molecule has 0 aromatic heterocycles. The predicted octanol–water partition coefficient (Wildman–Crippen LogP) is 2.07. The number of carbonyl (C=O) groups is 2. The molecule has 6 heteroatoms. The van der Waals surface area contributed by atoms with E-state index in [1.54, 1.807) is 0 Å². The second-order valence-corrected chi connectivity index (χ2v) is 6.99. The van der Waals surface area contributed by atoms with Gasteiger partial charge < -0.3 is 0 Å². The van der Waals surface area contributed by atoms with Gasteiger partial charge in [0.25, 0.3) is 0 Å². The summed E-state index contributed by atoms with van der Waals surface area (Å²) in [5.74, 6) is -0.409. The molecule has 0 radical (unpaired) electrons. The van der Waals surface area contributed by atoms with Gasteiger partial charge in [0.15, 0.2) is 0 Å². The molecule has 5 nitrogen and oxygen atoms in total. The third kappa shape index (κ3) is 3.21. The van der Waals surface area contributed by atoms with Gasteiger partial charge in [-0.25, -0.2) is 0 Å². The van der Waals surface area contributed by atoms with Gasteiger partial charge in [0.05, 0.1) is 5.92 Å². The van der Waals surface area contributed by atoms with Gasteiger partial charge in [0.2, 0.25) is 11.8 Å². The van der Waals surface area contributed by atoms with Crippen LogP contribution in [0.3, 0.4) is 0 Å². The smallest absolute Gasteiger partial charge is 0.243 e. The van der Waals surface area contributed by atoms with Gasteiger partial charge in [-0.3, -0.25) is 25.3 Å². The molecule has 23 heavy (non-hydrogen) atoms. The third-order valence-electron chi connectivity index (χ3n) is 5.23. The van der Waals surface area contributed by atoms with Crippen molar-refractivity contribution in [1.29, 1.82) is 0 Å². The van der Waals surface area contributed by atoms with Crippen molar-refractivity contribution in [2.24, 2.45) is 5.92 Å². The number of amides is 2. The number of hydrogen-bond donors (Lipinski definition) is 2. The van der Waals surface area contributed by atoms with E-state index in [1.807, 2.05) is 24.3 Å². The molecule has 2 amide bonds. The van der Waals surface area contributed by atoms with Gasteiger partial charge in [-0.1, -0.05) is 23.7 Å². The molecular formula is C17H22ClN3O2. The van der Waals surface area contributed by atoms with Gasteiger partial charge in [0, 0.05) is 24.0 Å². The van der Waals surface area contributed by atoms with Crippen LogP contribution >= 0.6 is 11.6 Å². The van der Waals surface area contributed by atoms with E-state index in [0.717, 1.165) is 24.8 Å². The molecule has 4 unspecified atom stereocenters. The van der Waals surface area contributed by atoms with Crippen molar-refractivity contribution < 1.29 is 9.59 Å². The Kier molecular flexibility index (Phi) is 4.60. The lowest BCUT2D eigenvalue weighted by Crippen LogP contribution is -2.54. The number of hydrazine groups is 1. The predicted molar refractivity (Wildman–Crippen MR) is 88.8 cm³/mol. The maximum atomic E-state index is 12.7. The molecule has 4 atom stereocenters. The first kappa shape index (κ1) is 16.3. The average Bonchev–Trinajstić information content (AvgIpc) is 2.76. The topological polar surface area (TPSA) is 61.4 Å². The lowest BCUT2D eigenvalue weighted by Gasteiger charge is -2.42. The number of nitrogens with zero attached hydrogens (tertiary/aromatic N) is 1. The summed E-state index contributed by atoms with van der Waals surface area (Å²) in [5.41, 5.74) is 6.13. The Morgan fingerprint density at radius 2 is 1.87 bits per heavy atom. The molecule has 2 aliphatic heterocycles. The van der Waals surface area contributed by atoms with Crippen LogP contribution in [0.1, 0.15) is 37.7 Å². The highest BCUT2D eigenvalue weighted by Gasteiger charge is 2.49. The van der Waals surface area contributed by atoms with Gasteiger partial charge in [0.1, 0.15) is 0 Å². The van der Waals surface area contributed by atoms with E-state index in [1.165, 1.54) is 6.92 Å². The molecular weight excluding hydrogens is 314 g/mol. The standard InChI is InChI=1S/C17H22ClN3O2/c1-10(22)19-20-17(23)16-14(11-3-5-12(18)6-4-11)9-13-7-8-15(16)21(13)2/h3-6,13-16H,7-9H2,1-2H3,(H,19,22)(H,20,23). The Morgan fingerprint density at radius 3 is 2.52 bits per heavy atom. The Labute approximate surface area is 141 Å². The van der Waals surface area contributed by atoms with E-state index in [9.17, 15) is 9.59 Å². The second kappa shape index (κ2) is 6.49. The van der Waals surface area contributed by atoms with E-state index in [0.29, 0.717) is 11.1 Å². The largest absolute Gasteiger partial charge is 0.300 e. The number of nitrogens with one attached hydrogen (secondary N) is 2. The highest BCUT2D eigenvalue weighted by Crippen LogP contribution is 2.46. The quantitative estimate of drug-likeness (QED) is 0.813. The minimum Gasteiger partial charge on any atom is -0.300 e. The fourth-order valence-electron chi connectivity index (χ4n) is 4.11. The number of piperidine rings is 1. The lowest BCUT2D eigenvalue weighted by atomic mass is 9.76. The fraction of sp³-hybridized carbons (Fsp3) is 0.529. The van der Waals surface area contributed by atoms with Crippen LogP contribution in [0.2, 0.25) is 5.02 Å². The Balaban J connectivity index is 1.87. The zero-order valence-corrected chi connectivity index (χ0v) is 14.1. The minimum absolute atomic E-state index is 0.114. The van der Waals surface area contributed by atoms with Gasteiger partial charge in [-0.05, 0) is 49.9 Å². The highest BCUT2D eigenvalue weighted by atomic mass is 35.5. The van der Waals surface area contributed by atoms with Crippen molar-refractivity contribution >= 4 is 23.4 Å². The van der Waals surface area contributed by atoms with Crippen molar-refractivity contribution in [3.05, 3.63) is 34.9 Å². The second-order valence-electron chi connectivity index (χ2n) is 6.55. The minimum atomic E-state index is -0.269. The van der Waals surface area contributed by atoms with Crippen molar-refractivity contribution in [2.75, 3.05) is 7.05 Å². The molecule has 2 bridgehead atoms. The number of halogens is 1. The fourth-order valence-corrected chi connectivity index (χ4v) is 4.24. The summed E-state index contributed by atoms with van der Waals surface area (Å²) in [6.45, 7) is 1.38. The molecule has 3 rings (SSSR count). The molecule has 0 aliphatic carbocycles. The first-order valence-corrected chi connectivity index (χ1v) is 8.39. The summed E-state index contributed by atoms with van der Waals surface area (Å²) >= 11 is 5.99. The molecule has 2 heterocycles. The van der Waals surface area contributed by atoms with Crippen molar-refractivity contribution in [3.8, 4) is 0 Å². The van der Waals surface area contributed by atoms with E-state index in [2.05, 4.69) is 22.8 Å². The Hall–Kier alpha value is -1.59. The summed E-state index contributed by atoms with van der Waals surface area (Å²) in [6, 6.07) is 8.50. The Morgan fingerprint density at radius 1 is 1.17 bits per heavy atom. The van der Waals surface area contributed by atoms with E-state index < -0.39 is 0 Å². The molecule has 0 spiro atoms. The molecule has 124 valence electrons. The Bertz CT molecular complexity index is 604. The zero-order valence-electron chi connectivity index (χ0n) is 13.4. The summed E-state index contributed by atoms with van der Waals surface area (Å²) in [4.78, 5) is 26.1. The SMILES string of the molecule is CC(=O)NNC(=O)C1C(c2ccc(Cl)cc2)CC2CCC1N2C. The van der Waals surface area contributed by atoms with E-state index in [-0.39, 0.29) is 29.7 Å². The number of fused-ring (bicyclic) bond motifs is 2. The average molecular weight is 336 g/mol. The van der Waals surface area contributed by atoms with Crippen LogP contribution in [-0.4, -0.2) is 35.8 Å². The van der Waals surface area contributed by atoms with Gasteiger partial charge >= 0.3 is 0 Å². The van der Waals surface area contributed by atoms with Crippen molar-refractivity contribution in [3.63, 3.8) is 0 Å². The van der Waals surface area contributed by atoms with Crippen LogP contribution in [0.15, 0.2) is 24.3 Å². The molecule has 1 aromatic carbocycles. The molecule has 2 N–H and O–H groups in total. The molecule has 2 aliphatic rings. The van der Waals surface area contributed by atoms with Crippen molar-refractivity contribution in [2.45, 2.75) is 44.2 Å². The summed E-state index contributed by atoms with van der Waals surface area (Å²) in [5, 5.41) is 0.698. The van der Waals surface area contributed by atoms with E-state index >= 15 is 0 Å². The summed E-state index contributed by atoms with van der Waals surface area (Å²) in [6.07, 6.45) is 3.09. The number of rotatable bonds is 2. The molecule has 2 fully saturated rings. The van der Waals surface area contributed by atoms with Crippen molar-refractivity contribution in [1.82, 2.24) is 15.8 Å². The van der Waals surface area contributed by atoms with Crippen LogP contribution < -0.4 is 10.9 Å². The third-order valence-corrected chi connectivity index (χ3v) is 5.48. The molecule has 2 saturated heterocycles. The maximum Gasteiger partial charge on any atom is 0.243 e. The summed E-state index contributed by atoms with van der Waals surface area (Å²) < 4.78 is 0. The van der Waals surface area contributed by atoms with Crippen LogP contribution in [0.4, 0.5) is 0 Å². The van der Waals surface area contributed by atoms with Gasteiger partial charge in [-0.2, -0.15) is 0 Å². The molecule has 1 aromatic rings. The lowest BCUT2D eigenvalue weighted by molar-refractivity contribution is -0.133. The van der Waals surface area contributed by atoms with Crippen LogP contribution in [0.25, 0.3) is 0 Å². The van der Waals surface area contributed by atoms with Crippen LogP contribution in [-0.2, 0) is 9.59 Å². The maximum absolute atomic E-state index is 12.7. The summed E-state index contributed by atoms with van der Waals surface area (Å²) in [7, 11) is 2.10. The van der Waals surface area contributed by atoms with E-state index in [4.69, 9.17) is 11.6 Å². The number of benzene rings is 1.